The molecule has 70 valence electrons. The maximum atomic E-state index is 10.5. The first-order valence-corrected chi connectivity index (χ1v) is 4.27. The number of pyridine rings is 1. The van der Waals surface area contributed by atoms with E-state index in [1.165, 1.54) is 13.3 Å². The first-order chi connectivity index (χ1) is 6.07. The molecular weight excluding hydrogens is 263 g/mol. The maximum Gasteiger partial charge on any atom is 0.350 e. The highest BCUT2D eigenvalue weighted by atomic mass is 79.9. The zero-order valence-corrected chi connectivity index (χ0v) is 8.79. The lowest BCUT2D eigenvalue weighted by atomic mass is 10.4. The highest BCUT2D eigenvalue weighted by Gasteiger charge is 2.23. The van der Waals surface area contributed by atoms with Gasteiger partial charge < -0.3 is 4.74 Å². The van der Waals surface area contributed by atoms with Gasteiger partial charge in [0.25, 0.3) is 5.88 Å². The van der Waals surface area contributed by atoms with Crippen molar-refractivity contribution in [3.63, 3.8) is 0 Å². The minimum atomic E-state index is -0.640. The van der Waals surface area contributed by atoms with E-state index < -0.39 is 4.92 Å². The molecule has 0 aromatic carbocycles. The molecule has 1 aromatic rings. The number of nitro groups is 1. The molecule has 1 aromatic heterocycles. The lowest BCUT2D eigenvalue weighted by Crippen LogP contribution is -1.97. The quantitative estimate of drug-likeness (QED) is 0.609. The molecule has 13 heavy (non-hydrogen) atoms. The predicted octanol–water partition coefficient (Wildman–Crippen LogP) is 2.41. The van der Waals surface area contributed by atoms with Crippen LogP contribution in [0.5, 0.6) is 5.88 Å². The van der Waals surface area contributed by atoms with E-state index in [1.807, 2.05) is 0 Å². The SMILES string of the molecule is COc1ncc(Br)c(Cl)c1[N+](=O)[O-]. The molecule has 0 aliphatic heterocycles. The van der Waals surface area contributed by atoms with Gasteiger partial charge >= 0.3 is 5.69 Å². The number of hydrogen-bond donors (Lipinski definition) is 0. The summed E-state index contributed by atoms with van der Waals surface area (Å²) in [5, 5.41) is 10.5. The largest absolute Gasteiger partial charge is 0.476 e. The molecule has 0 saturated carbocycles. The summed E-state index contributed by atoms with van der Waals surface area (Å²) in [5.74, 6) is -0.0989. The Morgan fingerprint density at radius 3 is 2.85 bits per heavy atom. The molecule has 0 fully saturated rings. The number of rotatable bonds is 2. The van der Waals surface area contributed by atoms with Crippen LogP contribution in [0.2, 0.25) is 5.02 Å². The van der Waals surface area contributed by atoms with Gasteiger partial charge in [0.05, 0.1) is 16.5 Å². The topological polar surface area (TPSA) is 65.3 Å². The zero-order valence-electron chi connectivity index (χ0n) is 6.45. The summed E-state index contributed by atoms with van der Waals surface area (Å²) in [6.45, 7) is 0. The van der Waals surface area contributed by atoms with Gasteiger partial charge in [-0.25, -0.2) is 4.98 Å². The number of nitrogens with zero attached hydrogens (tertiary/aromatic N) is 2. The van der Waals surface area contributed by atoms with Gasteiger partial charge in [0.2, 0.25) is 0 Å². The van der Waals surface area contributed by atoms with Gasteiger partial charge in [-0.3, -0.25) is 10.1 Å². The summed E-state index contributed by atoms with van der Waals surface area (Å²) < 4.78 is 5.05. The molecule has 1 rings (SSSR count). The van der Waals surface area contributed by atoms with E-state index in [4.69, 9.17) is 11.6 Å². The van der Waals surface area contributed by atoms with Gasteiger partial charge in [-0.05, 0) is 15.9 Å². The number of ether oxygens (including phenoxy) is 1. The van der Waals surface area contributed by atoms with Gasteiger partial charge in [0, 0.05) is 6.20 Å². The molecule has 0 unspecified atom stereocenters. The van der Waals surface area contributed by atoms with Crippen LogP contribution in [-0.4, -0.2) is 17.0 Å². The Labute approximate surface area is 87.0 Å². The second kappa shape index (κ2) is 3.89. The van der Waals surface area contributed by atoms with Gasteiger partial charge in [0.15, 0.2) is 0 Å². The fourth-order valence-corrected chi connectivity index (χ4v) is 1.24. The molecule has 0 N–H and O–H groups in total. The average molecular weight is 267 g/mol. The third-order valence-corrected chi connectivity index (χ3v) is 2.50. The zero-order chi connectivity index (χ0) is 10.0. The standard InChI is InChI=1S/C6H4BrClN2O3/c1-13-6-5(10(11)12)4(8)3(7)2-9-6/h2H,1H3. The van der Waals surface area contributed by atoms with E-state index in [2.05, 4.69) is 25.7 Å². The predicted molar refractivity (Wildman–Crippen MR) is 50.2 cm³/mol. The fraction of sp³-hybridized carbons (Fsp3) is 0.167. The summed E-state index contributed by atoms with van der Waals surface area (Å²) in [4.78, 5) is 13.6. The van der Waals surface area contributed by atoms with E-state index in [-0.39, 0.29) is 16.6 Å². The highest BCUT2D eigenvalue weighted by molar-refractivity contribution is 9.10. The Morgan fingerprint density at radius 1 is 1.77 bits per heavy atom. The van der Waals surface area contributed by atoms with E-state index in [1.54, 1.807) is 0 Å². The second-order valence-corrected chi connectivity index (χ2v) is 3.27. The number of hydrogen-bond acceptors (Lipinski definition) is 4. The molecule has 7 heteroatoms. The Kier molecular flexibility index (Phi) is 3.05. The van der Waals surface area contributed by atoms with Gasteiger partial charge in [-0.1, -0.05) is 11.6 Å². The Balaban J connectivity index is 3.41. The molecule has 0 aliphatic rings. The van der Waals surface area contributed by atoms with Crippen molar-refractivity contribution in [3.8, 4) is 5.88 Å². The summed E-state index contributed by atoms with van der Waals surface area (Å²) in [7, 11) is 1.29. The van der Waals surface area contributed by atoms with Crippen LogP contribution in [0.4, 0.5) is 5.69 Å². The van der Waals surface area contributed by atoms with E-state index in [9.17, 15) is 10.1 Å². The lowest BCUT2D eigenvalue weighted by molar-refractivity contribution is -0.386. The maximum absolute atomic E-state index is 10.5. The van der Waals surface area contributed by atoms with Crippen molar-refractivity contribution in [2.24, 2.45) is 0 Å². The van der Waals surface area contributed by atoms with Crippen molar-refractivity contribution < 1.29 is 9.66 Å². The first-order valence-electron chi connectivity index (χ1n) is 3.10. The molecule has 0 radical (unpaired) electrons. The third-order valence-electron chi connectivity index (χ3n) is 1.29. The van der Waals surface area contributed by atoms with Crippen LogP contribution >= 0.6 is 27.5 Å². The second-order valence-electron chi connectivity index (χ2n) is 2.04. The third kappa shape index (κ3) is 1.89. The van der Waals surface area contributed by atoms with Crippen LogP contribution in [0.15, 0.2) is 10.7 Å². The molecular formula is C6H4BrClN2O3. The van der Waals surface area contributed by atoms with Gasteiger partial charge in [-0.2, -0.15) is 0 Å². The molecule has 0 spiro atoms. The van der Waals surface area contributed by atoms with Crippen molar-refractivity contribution in [2.45, 2.75) is 0 Å². The number of halogens is 2. The van der Waals surface area contributed by atoms with Crippen LogP contribution in [-0.2, 0) is 0 Å². The molecule has 0 atom stereocenters. The smallest absolute Gasteiger partial charge is 0.350 e. The van der Waals surface area contributed by atoms with Crippen LogP contribution in [0.1, 0.15) is 0 Å². The monoisotopic (exact) mass is 266 g/mol. The minimum absolute atomic E-state index is 0.0168. The van der Waals surface area contributed by atoms with Gasteiger partial charge in [0.1, 0.15) is 5.02 Å². The van der Waals surface area contributed by atoms with E-state index in [0.717, 1.165) is 0 Å². The molecule has 0 saturated heterocycles. The molecule has 5 nitrogen and oxygen atoms in total. The van der Waals surface area contributed by atoms with Crippen molar-refractivity contribution in [3.05, 3.63) is 25.8 Å². The Hall–Kier alpha value is -0.880. The van der Waals surface area contributed by atoms with Crippen LogP contribution in [0.3, 0.4) is 0 Å². The molecule has 1 heterocycles. The van der Waals surface area contributed by atoms with Crippen molar-refractivity contribution in [1.82, 2.24) is 4.98 Å². The molecule has 0 aliphatic carbocycles. The summed E-state index contributed by atoms with van der Waals surface area (Å²) >= 11 is 8.69. The number of methoxy groups -OCH3 is 1. The normalized spacial score (nSPS) is 9.77. The van der Waals surface area contributed by atoms with Crippen LogP contribution in [0, 0.1) is 10.1 Å². The van der Waals surface area contributed by atoms with Crippen molar-refractivity contribution in [1.29, 1.82) is 0 Å². The highest BCUT2D eigenvalue weighted by Crippen LogP contribution is 2.37. The lowest BCUT2D eigenvalue weighted by Gasteiger charge is -2.02. The van der Waals surface area contributed by atoms with Crippen molar-refractivity contribution in [2.75, 3.05) is 7.11 Å². The Morgan fingerprint density at radius 2 is 2.38 bits per heavy atom. The van der Waals surface area contributed by atoms with E-state index in [0.29, 0.717) is 4.47 Å². The van der Waals surface area contributed by atoms with Crippen LogP contribution < -0.4 is 4.74 Å². The average Bonchev–Trinajstić information content (AvgIpc) is 2.08. The Bertz CT molecular complexity index is 358. The summed E-state index contributed by atoms with van der Waals surface area (Å²) in [6.07, 6.45) is 1.34. The van der Waals surface area contributed by atoms with Gasteiger partial charge in [-0.15, -0.1) is 0 Å². The summed E-state index contributed by atoms with van der Waals surface area (Å²) in [6, 6.07) is 0. The number of aromatic nitrogens is 1. The molecule has 0 bridgehead atoms. The fourth-order valence-electron chi connectivity index (χ4n) is 0.748. The van der Waals surface area contributed by atoms with Crippen LogP contribution in [0.25, 0.3) is 0 Å². The summed E-state index contributed by atoms with van der Waals surface area (Å²) in [5.41, 5.74) is -0.335. The molecule has 0 amide bonds. The first kappa shape index (κ1) is 10.2. The van der Waals surface area contributed by atoms with Crippen molar-refractivity contribution >= 4 is 33.2 Å². The van der Waals surface area contributed by atoms with E-state index >= 15 is 0 Å². The minimum Gasteiger partial charge on any atom is -0.476 e.